The number of esters is 1. The molecule has 1 rings (SSSR count). The van der Waals surface area contributed by atoms with Gasteiger partial charge in [-0.25, -0.2) is 0 Å². The number of hydrogen-bond acceptors (Lipinski definition) is 5. The van der Waals surface area contributed by atoms with Gasteiger partial charge in [-0.05, 0) is 38.5 Å². The molecular formula is C22H40NaO5P. The Bertz CT molecular complexity index is 484. The van der Waals surface area contributed by atoms with Crippen molar-refractivity contribution in [2.45, 2.75) is 109 Å². The number of hydrogen-bond donors (Lipinski definition) is 0. The summed E-state index contributed by atoms with van der Waals surface area (Å²) in [6.07, 6.45) is 21.0. The van der Waals surface area contributed by atoms with Crippen molar-refractivity contribution >= 4 is 13.6 Å². The fourth-order valence-corrected chi connectivity index (χ4v) is 4.68. The van der Waals surface area contributed by atoms with E-state index in [2.05, 4.69) is 19.1 Å². The summed E-state index contributed by atoms with van der Waals surface area (Å²) in [5.41, 5.74) is 0. The average Bonchev–Trinajstić information content (AvgIpc) is 3.02. The minimum absolute atomic E-state index is 0. The summed E-state index contributed by atoms with van der Waals surface area (Å²) in [7, 11) is -3.66. The fraction of sp³-hybridized carbons (Fsp3) is 0.864. The monoisotopic (exact) mass is 438 g/mol. The van der Waals surface area contributed by atoms with Crippen LogP contribution in [0.3, 0.4) is 0 Å². The van der Waals surface area contributed by atoms with Gasteiger partial charge in [0, 0.05) is 12.6 Å². The Morgan fingerprint density at radius 1 is 1.00 bits per heavy atom. The van der Waals surface area contributed by atoms with E-state index in [1.165, 1.54) is 57.8 Å². The molecule has 0 aromatic heterocycles. The third-order valence-corrected chi connectivity index (χ3v) is 6.53. The van der Waals surface area contributed by atoms with Gasteiger partial charge in [0.25, 0.3) is 0 Å². The third kappa shape index (κ3) is 17.7. The fourth-order valence-electron chi connectivity index (χ4n) is 3.35. The van der Waals surface area contributed by atoms with Crippen LogP contribution >= 0.6 is 7.60 Å². The van der Waals surface area contributed by atoms with Crippen molar-refractivity contribution in [3.63, 3.8) is 0 Å². The molecule has 1 saturated heterocycles. The van der Waals surface area contributed by atoms with E-state index in [-0.39, 0.29) is 48.3 Å². The molecule has 0 aromatic rings. The van der Waals surface area contributed by atoms with Crippen LogP contribution in [0.15, 0.2) is 12.2 Å². The van der Waals surface area contributed by atoms with Crippen molar-refractivity contribution in [1.82, 2.24) is 0 Å². The van der Waals surface area contributed by atoms with E-state index in [0.29, 0.717) is 12.8 Å². The molecule has 0 amide bonds. The van der Waals surface area contributed by atoms with Gasteiger partial charge in [-0.15, -0.1) is 0 Å². The molecule has 5 nitrogen and oxygen atoms in total. The predicted molar refractivity (Wildman–Crippen MR) is 112 cm³/mol. The summed E-state index contributed by atoms with van der Waals surface area (Å²) in [5.74, 6) is -0.256. The first-order valence-corrected chi connectivity index (χ1v) is 13.1. The van der Waals surface area contributed by atoms with E-state index in [1.54, 1.807) is 0 Å². The maximum absolute atomic E-state index is 11.7. The zero-order chi connectivity index (χ0) is 20.5. The largest absolute Gasteiger partial charge is 1.00 e. The Balaban J connectivity index is 0.00000784. The number of carbonyl (C=O) groups excluding carboxylic acids is 1. The van der Waals surface area contributed by atoms with Gasteiger partial charge in [0.15, 0.2) is 0 Å². The molecule has 164 valence electrons. The Morgan fingerprint density at radius 3 is 2.10 bits per heavy atom. The van der Waals surface area contributed by atoms with Gasteiger partial charge >= 0.3 is 35.5 Å². The molecule has 0 N–H and O–H groups in total. The zero-order valence-corrected chi connectivity index (χ0v) is 21.6. The zero-order valence-electron chi connectivity index (χ0n) is 18.7. The van der Waals surface area contributed by atoms with Crippen LogP contribution in [0.5, 0.6) is 0 Å². The van der Waals surface area contributed by atoms with Crippen molar-refractivity contribution in [2.24, 2.45) is 0 Å². The number of unbranched alkanes of at least 4 members (excludes halogenated alkanes) is 11. The first kappa shape index (κ1) is 29.4. The van der Waals surface area contributed by atoms with Crippen LogP contribution in [0.4, 0.5) is 0 Å². The molecular weight excluding hydrogens is 398 g/mol. The summed E-state index contributed by atoms with van der Waals surface area (Å²) >= 11 is 0. The van der Waals surface area contributed by atoms with Gasteiger partial charge in [0.05, 0.1) is 6.10 Å². The number of allylic oxidation sites excluding steroid dienone is 2. The minimum atomic E-state index is -3.66. The van der Waals surface area contributed by atoms with E-state index < -0.39 is 13.7 Å². The SMILES string of the molecule is CCCCCCCC/C=C/CCCCCCCC(=O)OCC1CCP(=O)([O-])O1.[Na+]. The van der Waals surface area contributed by atoms with Crippen LogP contribution in [0, 0.1) is 0 Å². The number of carbonyl (C=O) groups is 1. The Kier molecular flexibility index (Phi) is 19.3. The second-order valence-corrected chi connectivity index (χ2v) is 9.75. The first-order chi connectivity index (χ1) is 13.5. The molecule has 1 heterocycles. The molecule has 0 saturated carbocycles. The van der Waals surface area contributed by atoms with Gasteiger partial charge in [0.2, 0.25) is 0 Å². The summed E-state index contributed by atoms with van der Waals surface area (Å²) in [6, 6.07) is 0. The molecule has 29 heavy (non-hydrogen) atoms. The van der Waals surface area contributed by atoms with Crippen LogP contribution < -0.4 is 34.5 Å². The standard InChI is InChI=1S/C22H41O5P.Na/c1-2-3-4-5-6-7-8-9-10-11-12-13-14-15-16-17-22(23)26-20-21-18-19-28(24,25)27-21;/h9-10,21H,2-8,11-20H2,1H3,(H,24,25);/q;+1/p-1/b10-9+;. The van der Waals surface area contributed by atoms with Gasteiger partial charge in [-0.1, -0.05) is 70.4 Å². The van der Waals surface area contributed by atoms with Crippen molar-refractivity contribution in [2.75, 3.05) is 12.8 Å². The third-order valence-electron chi connectivity index (χ3n) is 5.11. The number of ether oxygens (including phenoxy) is 1. The Morgan fingerprint density at radius 2 is 1.55 bits per heavy atom. The normalized spacial score (nSPS) is 21.4. The second kappa shape index (κ2) is 19.1. The smallest absolute Gasteiger partial charge is 0.778 e. The van der Waals surface area contributed by atoms with Crippen molar-refractivity contribution in [3.8, 4) is 0 Å². The molecule has 7 heteroatoms. The number of rotatable bonds is 17. The molecule has 1 fully saturated rings. The Hall–Kier alpha value is 0.360. The second-order valence-electron chi connectivity index (χ2n) is 7.87. The molecule has 1 aliphatic heterocycles. The molecule has 0 aromatic carbocycles. The van der Waals surface area contributed by atoms with E-state index in [1.807, 2.05) is 0 Å². The van der Waals surface area contributed by atoms with E-state index in [0.717, 1.165) is 25.7 Å². The van der Waals surface area contributed by atoms with Crippen LogP contribution in [0.25, 0.3) is 0 Å². The quantitative estimate of drug-likeness (QED) is 0.115. The molecule has 2 unspecified atom stereocenters. The predicted octanol–water partition coefficient (Wildman–Crippen LogP) is 2.91. The van der Waals surface area contributed by atoms with Gasteiger partial charge in [-0.2, -0.15) is 0 Å². The van der Waals surface area contributed by atoms with Crippen LogP contribution in [-0.2, 0) is 18.6 Å². The molecule has 0 bridgehead atoms. The van der Waals surface area contributed by atoms with Gasteiger partial charge < -0.3 is 18.7 Å². The topological polar surface area (TPSA) is 75.7 Å². The summed E-state index contributed by atoms with van der Waals surface area (Å²) in [6.45, 7) is 2.30. The molecule has 2 atom stereocenters. The van der Waals surface area contributed by atoms with E-state index in [4.69, 9.17) is 9.26 Å². The van der Waals surface area contributed by atoms with Gasteiger partial charge in [0.1, 0.15) is 14.2 Å². The molecule has 0 aliphatic carbocycles. The summed E-state index contributed by atoms with van der Waals surface area (Å²) in [5, 5.41) is 0. The maximum atomic E-state index is 11.7. The van der Waals surface area contributed by atoms with Gasteiger partial charge in [-0.3, -0.25) is 4.79 Å². The summed E-state index contributed by atoms with van der Waals surface area (Å²) < 4.78 is 21.1. The first-order valence-electron chi connectivity index (χ1n) is 11.3. The van der Waals surface area contributed by atoms with Crippen molar-refractivity contribution in [3.05, 3.63) is 12.2 Å². The van der Waals surface area contributed by atoms with Crippen LogP contribution in [0.2, 0.25) is 0 Å². The van der Waals surface area contributed by atoms with E-state index in [9.17, 15) is 14.3 Å². The molecule has 0 spiro atoms. The molecule has 1 aliphatic rings. The van der Waals surface area contributed by atoms with E-state index >= 15 is 0 Å². The van der Waals surface area contributed by atoms with Crippen molar-refractivity contribution in [1.29, 1.82) is 0 Å². The van der Waals surface area contributed by atoms with Crippen molar-refractivity contribution < 1.29 is 53.1 Å². The maximum Gasteiger partial charge on any atom is 1.00 e. The Labute approximate surface area is 200 Å². The summed E-state index contributed by atoms with van der Waals surface area (Å²) in [4.78, 5) is 22.8. The average molecular weight is 439 g/mol. The van der Waals surface area contributed by atoms with Crippen LogP contribution in [-0.4, -0.2) is 24.8 Å². The van der Waals surface area contributed by atoms with Crippen LogP contribution in [0.1, 0.15) is 103 Å². The molecule has 0 radical (unpaired) electrons. The minimum Gasteiger partial charge on any atom is -0.778 e.